The number of nitrogens with one attached hydrogen (secondary N) is 1. The maximum Gasteiger partial charge on any atom is 0.252 e. The molecule has 198 valence electrons. The number of fused-ring (bicyclic) bond motifs is 2. The summed E-state index contributed by atoms with van der Waals surface area (Å²) in [7, 11) is 0. The maximum atomic E-state index is 13.1. The first-order valence-electron chi connectivity index (χ1n) is 13.1. The van der Waals surface area contributed by atoms with E-state index in [2.05, 4.69) is 30.3 Å². The number of aromatic amines is 1. The van der Waals surface area contributed by atoms with E-state index in [1.807, 2.05) is 22.9 Å². The van der Waals surface area contributed by atoms with Gasteiger partial charge in [0.25, 0.3) is 5.56 Å². The third kappa shape index (κ3) is 5.77. The van der Waals surface area contributed by atoms with Crippen LogP contribution in [0.4, 0.5) is 0 Å². The van der Waals surface area contributed by atoms with E-state index >= 15 is 0 Å². The van der Waals surface area contributed by atoms with E-state index in [1.165, 1.54) is 0 Å². The Bertz CT molecular complexity index is 1270. The molecule has 2 aromatic heterocycles. The molecule has 5 heterocycles. The molecule has 0 unspecified atom stereocenters. The molecule has 3 aliphatic rings. The number of tetrazole rings is 1. The van der Waals surface area contributed by atoms with Crippen molar-refractivity contribution in [2.24, 2.45) is 0 Å². The van der Waals surface area contributed by atoms with Crippen molar-refractivity contribution in [1.82, 2.24) is 35.0 Å². The lowest BCUT2D eigenvalue weighted by molar-refractivity contribution is 0.0358. The predicted octanol–water partition coefficient (Wildman–Crippen LogP) is 1.15. The molecule has 3 aromatic rings. The standard InChI is InChI=1S/C25H33N7O5/c33-25-19(11-18-12-22-23(37-17-36-22)13-21(18)26-25)14-31(5-2-4-30-6-9-34-10-7-30)16-24-27-28-29-32(24)15-20-3-1-8-35-20/h11-13,20H,1-10,14-17H2,(H,26,33)/t20-/m1/s1. The topological polar surface area (TPSA) is 120 Å². The molecule has 12 nitrogen and oxygen atoms in total. The molecule has 1 N–H and O–H groups in total. The fourth-order valence-electron chi connectivity index (χ4n) is 5.22. The molecule has 0 aliphatic carbocycles. The van der Waals surface area contributed by atoms with Crippen LogP contribution < -0.4 is 15.0 Å². The van der Waals surface area contributed by atoms with E-state index in [0.717, 1.165) is 82.0 Å². The van der Waals surface area contributed by atoms with Crippen LogP contribution >= 0.6 is 0 Å². The van der Waals surface area contributed by atoms with Crippen molar-refractivity contribution >= 4 is 10.9 Å². The summed E-state index contributed by atoms with van der Waals surface area (Å²) in [5.74, 6) is 2.13. The lowest BCUT2D eigenvalue weighted by Crippen LogP contribution is -2.38. The fraction of sp³-hybridized carbons (Fsp3) is 0.600. The zero-order valence-electron chi connectivity index (χ0n) is 20.9. The minimum absolute atomic E-state index is 0.108. The molecule has 0 amide bonds. The first kappa shape index (κ1) is 24.3. The second-order valence-electron chi connectivity index (χ2n) is 9.85. The number of hydrogen-bond donors (Lipinski definition) is 1. The lowest BCUT2D eigenvalue weighted by Gasteiger charge is -2.28. The molecule has 3 aliphatic heterocycles. The summed E-state index contributed by atoms with van der Waals surface area (Å²) in [5, 5.41) is 13.4. The summed E-state index contributed by atoms with van der Waals surface area (Å²) >= 11 is 0. The minimum Gasteiger partial charge on any atom is -0.454 e. The summed E-state index contributed by atoms with van der Waals surface area (Å²) in [4.78, 5) is 20.7. The van der Waals surface area contributed by atoms with Crippen LogP contribution in [0.5, 0.6) is 11.5 Å². The van der Waals surface area contributed by atoms with Crippen LogP contribution in [-0.2, 0) is 29.1 Å². The maximum absolute atomic E-state index is 13.1. The van der Waals surface area contributed by atoms with E-state index < -0.39 is 0 Å². The predicted molar refractivity (Wildman–Crippen MR) is 133 cm³/mol. The SMILES string of the molecule is O=c1[nH]c2cc3c(cc2cc1CN(CCCN1CCOCC1)Cc1nnnn1C[C@H]1CCCO1)OCO3. The molecule has 2 fully saturated rings. The van der Waals surface area contributed by atoms with E-state index in [0.29, 0.717) is 36.7 Å². The van der Waals surface area contributed by atoms with Gasteiger partial charge < -0.3 is 23.9 Å². The van der Waals surface area contributed by atoms with Gasteiger partial charge in [-0.05, 0) is 48.4 Å². The molecule has 0 saturated carbocycles. The summed E-state index contributed by atoms with van der Waals surface area (Å²) in [6.45, 7) is 7.94. The van der Waals surface area contributed by atoms with Crippen LogP contribution in [0.1, 0.15) is 30.7 Å². The number of nitrogens with zero attached hydrogens (tertiary/aromatic N) is 6. The summed E-state index contributed by atoms with van der Waals surface area (Å²) in [5.41, 5.74) is 1.32. The van der Waals surface area contributed by atoms with Crippen molar-refractivity contribution < 1.29 is 18.9 Å². The molecule has 0 radical (unpaired) electrons. The smallest absolute Gasteiger partial charge is 0.252 e. The summed E-state index contributed by atoms with van der Waals surface area (Å²) in [6, 6.07) is 5.69. The van der Waals surface area contributed by atoms with Crippen LogP contribution in [0.2, 0.25) is 0 Å². The highest BCUT2D eigenvalue weighted by atomic mass is 16.7. The number of ether oxygens (including phenoxy) is 4. The number of rotatable bonds is 10. The molecule has 0 bridgehead atoms. The summed E-state index contributed by atoms with van der Waals surface area (Å²) in [6.07, 6.45) is 3.21. The second-order valence-corrected chi connectivity index (χ2v) is 9.85. The molecule has 37 heavy (non-hydrogen) atoms. The van der Waals surface area contributed by atoms with E-state index in [-0.39, 0.29) is 18.5 Å². The van der Waals surface area contributed by atoms with Crippen molar-refractivity contribution in [2.45, 2.75) is 45.0 Å². The van der Waals surface area contributed by atoms with Crippen LogP contribution in [0, 0.1) is 0 Å². The van der Waals surface area contributed by atoms with Crippen molar-refractivity contribution in [3.63, 3.8) is 0 Å². The highest BCUT2D eigenvalue weighted by Gasteiger charge is 2.21. The van der Waals surface area contributed by atoms with Gasteiger partial charge in [0.2, 0.25) is 6.79 Å². The number of hydrogen-bond acceptors (Lipinski definition) is 10. The van der Waals surface area contributed by atoms with E-state index in [1.54, 1.807) is 0 Å². The third-order valence-corrected chi connectivity index (χ3v) is 7.23. The summed E-state index contributed by atoms with van der Waals surface area (Å²) < 4.78 is 24.1. The molecule has 2 saturated heterocycles. The van der Waals surface area contributed by atoms with E-state index in [9.17, 15) is 4.79 Å². The molecule has 12 heteroatoms. The minimum atomic E-state index is -0.108. The lowest BCUT2D eigenvalue weighted by atomic mass is 10.1. The Morgan fingerprint density at radius 1 is 1.08 bits per heavy atom. The average Bonchev–Trinajstić information content (AvgIpc) is 3.67. The quantitative estimate of drug-likeness (QED) is 0.424. The van der Waals surface area contributed by atoms with Gasteiger partial charge in [0.15, 0.2) is 17.3 Å². The zero-order valence-corrected chi connectivity index (χ0v) is 20.9. The van der Waals surface area contributed by atoms with Crippen LogP contribution in [0.25, 0.3) is 10.9 Å². The first-order valence-corrected chi connectivity index (χ1v) is 13.1. The molecule has 6 rings (SSSR count). The average molecular weight is 512 g/mol. The number of aromatic nitrogens is 5. The van der Waals surface area contributed by atoms with Gasteiger partial charge in [-0.2, -0.15) is 0 Å². The van der Waals surface area contributed by atoms with Crippen molar-refractivity contribution in [1.29, 1.82) is 0 Å². The van der Waals surface area contributed by atoms with Crippen molar-refractivity contribution in [3.8, 4) is 11.5 Å². The number of pyridine rings is 1. The normalized spacial score (nSPS) is 19.9. The Balaban J connectivity index is 1.20. The van der Waals surface area contributed by atoms with Crippen LogP contribution in [0.3, 0.4) is 0 Å². The fourth-order valence-corrected chi connectivity index (χ4v) is 5.22. The molecule has 1 aromatic carbocycles. The van der Waals surface area contributed by atoms with Gasteiger partial charge in [-0.3, -0.25) is 14.6 Å². The molecular weight excluding hydrogens is 478 g/mol. The van der Waals surface area contributed by atoms with Crippen LogP contribution in [-0.4, -0.2) is 93.9 Å². The molecular formula is C25H33N7O5. The Morgan fingerprint density at radius 3 is 2.78 bits per heavy atom. The molecule has 1 atom stereocenters. The van der Waals surface area contributed by atoms with Gasteiger partial charge in [0.1, 0.15) is 0 Å². The largest absolute Gasteiger partial charge is 0.454 e. The van der Waals surface area contributed by atoms with Crippen molar-refractivity contribution in [3.05, 3.63) is 39.9 Å². The van der Waals surface area contributed by atoms with Crippen LogP contribution in [0.15, 0.2) is 23.0 Å². The van der Waals surface area contributed by atoms with Gasteiger partial charge in [-0.15, -0.1) is 5.10 Å². The molecule has 0 spiro atoms. The highest BCUT2D eigenvalue weighted by molar-refractivity contribution is 5.83. The van der Waals surface area contributed by atoms with E-state index in [4.69, 9.17) is 18.9 Å². The highest BCUT2D eigenvalue weighted by Crippen LogP contribution is 2.35. The van der Waals surface area contributed by atoms with Gasteiger partial charge in [0.05, 0.1) is 37.9 Å². The first-order chi connectivity index (χ1) is 18.2. The second kappa shape index (κ2) is 11.1. The number of benzene rings is 1. The third-order valence-electron chi connectivity index (χ3n) is 7.23. The number of morpholine rings is 1. The number of H-pyrrole nitrogens is 1. The van der Waals surface area contributed by atoms with Crippen molar-refractivity contribution in [2.75, 3.05) is 52.8 Å². The Kier molecular flexibility index (Phi) is 7.31. The Hall–Kier alpha value is -3.06. The Morgan fingerprint density at radius 2 is 1.95 bits per heavy atom. The van der Waals surface area contributed by atoms with Gasteiger partial charge >= 0.3 is 0 Å². The van der Waals surface area contributed by atoms with Gasteiger partial charge in [-0.25, -0.2) is 4.68 Å². The Labute approximate surface area is 214 Å². The zero-order chi connectivity index (χ0) is 25.0. The monoisotopic (exact) mass is 511 g/mol. The van der Waals surface area contributed by atoms with Gasteiger partial charge in [-0.1, -0.05) is 0 Å². The van der Waals surface area contributed by atoms with Gasteiger partial charge in [0, 0.05) is 49.8 Å².